The molecule has 3 rings (SSSR count). The molecule has 78 valence electrons. The average molecular weight is 321 g/mol. The van der Waals surface area contributed by atoms with Crippen molar-refractivity contribution in [1.82, 2.24) is 0 Å². The number of carbonyl (C=O) groups is 1. The summed E-state index contributed by atoms with van der Waals surface area (Å²) in [6.07, 6.45) is 3.47. The van der Waals surface area contributed by atoms with Gasteiger partial charge in [0.1, 0.15) is 0 Å². The van der Waals surface area contributed by atoms with Crippen LogP contribution in [0.4, 0.5) is 5.69 Å². The Kier molecular flexibility index (Phi) is 2.04. The highest BCUT2D eigenvalue weighted by molar-refractivity contribution is 14.1. The minimum atomic E-state index is 0.0544. The number of nitrogens with two attached hydrogens (primary N) is 1. The van der Waals surface area contributed by atoms with Gasteiger partial charge in [-0.15, -0.1) is 0 Å². The van der Waals surface area contributed by atoms with E-state index >= 15 is 0 Å². The molecule has 1 aliphatic rings. The van der Waals surface area contributed by atoms with Gasteiger partial charge in [-0.2, -0.15) is 0 Å². The largest absolute Gasteiger partial charge is 0.397 e. The van der Waals surface area contributed by atoms with E-state index in [2.05, 4.69) is 22.6 Å². The van der Waals surface area contributed by atoms with Gasteiger partial charge in [-0.3, -0.25) is 4.79 Å². The molecular formula is C13H8INO. The summed E-state index contributed by atoms with van der Waals surface area (Å²) in [5, 5.41) is 1.95. The lowest BCUT2D eigenvalue weighted by atomic mass is 9.92. The Bertz CT molecular complexity index is 659. The maximum atomic E-state index is 11.7. The number of carbonyl (C=O) groups excluding carboxylic acids is 1. The number of anilines is 1. The van der Waals surface area contributed by atoms with E-state index in [1.165, 1.54) is 0 Å². The fourth-order valence-corrected chi connectivity index (χ4v) is 2.72. The molecule has 0 unspecified atom stereocenters. The van der Waals surface area contributed by atoms with E-state index in [1.807, 2.05) is 30.3 Å². The fourth-order valence-electron chi connectivity index (χ4n) is 2.09. The van der Waals surface area contributed by atoms with Crippen LogP contribution in [0.15, 0.2) is 30.3 Å². The third kappa shape index (κ3) is 1.21. The van der Waals surface area contributed by atoms with E-state index in [9.17, 15) is 4.79 Å². The molecule has 0 bridgehead atoms. The maximum absolute atomic E-state index is 11.7. The van der Waals surface area contributed by atoms with E-state index in [0.29, 0.717) is 0 Å². The molecule has 2 aromatic carbocycles. The lowest BCUT2D eigenvalue weighted by molar-refractivity contribution is 0.104. The molecule has 0 aromatic heterocycles. The highest BCUT2D eigenvalue weighted by atomic mass is 127. The average Bonchev–Trinajstić information content (AvgIpc) is 2.30. The smallest absolute Gasteiger partial charge is 0.186 e. The number of hydrogen-bond acceptors (Lipinski definition) is 2. The molecule has 0 saturated heterocycles. The first-order chi connectivity index (χ1) is 7.68. The van der Waals surface area contributed by atoms with E-state index in [4.69, 9.17) is 5.73 Å². The number of hydrogen-bond donors (Lipinski definition) is 1. The van der Waals surface area contributed by atoms with E-state index in [0.717, 1.165) is 31.2 Å². The Morgan fingerprint density at radius 3 is 2.81 bits per heavy atom. The molecule has 3 heteroatoms. The molecule has 2 nitrogen and oxygen atoms in total. The second-order valence-electron chi connectivity index (χ2n) is 3.79. The van der Waals surface area contributed by atoms with Gasteiger partial charge < -0.3 is 5.73 Å². The van der Waals surface area contributed by atoms with E-state index in [-0.39, 0.29) is 5.78 Å². The minimum absolute atomic E-state index is 0.0544. The number of ketones is 1. The van der Waals surface area contributed by atoms with Gasteiger partial charge in [-0.1, -0.05) is 24.3 Å². The zero-order chi connectivity index (χ0) is 11.3. The van der Waals surface area contributed by atoms with Crippen molar-refractivity contribution in [2.75, 3.05) is 5.73 Å². The zero-order valence-corrected chi connectivity index (χ0v) is 10.5. The standard InChI is InChI=1S/C13H8INO/c14-10-6-7-4-5-11(16)8-2-1-3-9(12(7)8)13(10)15/h1-6H,15H2. The third-order valence-corrected chi connectivity index (χ3v) is 3.76. The van der Waals surface area contributed by atoms with Crippen LogP contribution in [0.3, 0.4) is 0 Å². The topological polar surface area (TPSA) is 43.1 Å². The van der Waals surface area contributed by atoms with Gasteiger partial charge in [0.2, 0.25) is 0 Å². The van der Waals surface area contributed by atoms with Gasteiger partial charge in [0.05, 0.1) is 5.69 Å². The van der Waals surface area contributed by atoms with E-state index in [1.54, 1.807) is 6.08 Å². The van der Waals surface area contributed by atoms with Gasteiger partial charge in [-0.25, -0.2) is 0 Å². The van der Waals surface area contributed by atoms with Crippen molar-refractivity contribution in [3.63, 3.8) is 0 Å². The van der Waals surface area contributed by atoms with Gasteiger partial charge >= 0.3 is 0 Å². The quantitative estimate of drug-likeness (QED) is 0.598. The monoisotopic (exact) mass is 321 g/mol. The van der Waals surface area contributed by atoms with Crippen molar-refractivity contribution in [3.8, 4) is 0 Å². The minimum Gasteiger partial charge on any atom is -0.397 e. The van der Waals surface area contributed by atoms with Crippen LogP contribution in [0.2, 0.25) is 0 Å². The lowest BCUT2D eigenvalue weighted by Crippen LogP contribution is -2.03. The number of benzene rings is 2. The van der Waals surface area contributed by atoms with Crippen molar-refractivity contribution in [2.45, 2.75) is 0 Å². The summed E-state index contributed by atoms with van der Waals surface area (Å²) in [6.45, 7) is 0. The van der Waals surface area contributed by atoms with Gasteiger partial charge in [0, 0.05) is 19.9 Å². The third-order valence-electron chi connectivity index (χ3n) is 2.86. The molecular weight excluding hydrogens is 313 g/mol. The highest BCUT2D eigenvalue weighted by Crippen LogP contribution is 2.34. The number of nitrogen functional groups attached to an aromatic ring is 1. The predicted octanol–water partition coefficient (Wildman–Crippen LogP) is 3.24. The van der Waals surface area contributed by atoms with Gasteiger partial charge in [0.15, 0.2) is 5.78 Å². The molecule has 0 saturated carbocycles. The van der Waals surface area contributed by atoms with Crippen molar-refractivity contribution >= 4 is 50.9 Å². The molecule has 2 aromatic rings. The highest BCUT2D eigenvalue weighted by Gasteiger charge is 2.16. The van der Waals surface area contributed by atoms with Crippen LogP contribution in [0.5, 0.6) is 0 Å². The number of rotatable bonds is 0. The predicted molar refractivity (Wildman–Crippen MR) is 74.4 cm³/mol. The second kappa shape index (κ2) is 3.31. The van der Waals surface area contributed by atoms with Crippen LogP contribution in [0.1, 0.15) is 15.9 Å². The molecule has 0 amide bonds. The molecule has 0 aliphatic heterocycles. The van der Waals surface area contributed by atoms with Crippen molar-refractivity contribution in [2.24, 2.45) is 0 Å². The first-order valence-corrected chi connectivity index (χ1v) is 5.99. The maximum Gasteiger partial charge on any atom is 0.186 e. The van der Waals surface area contributed by atoms with Crippen LogP contribution in [0, 0.1) is 3.57 Å². The first-order valence-electron chi connectivity index (χ1n) is 4.91. The van der Waals surface area contributed by atoms with Crippen molar-refractivity contribution in [1.29, 1.82) is 0 Å². The molecule has 0 fully saturated rings. The number of halogens is 1. The van der Waals surface area contributed by atoms with Gasteiger partial charge in [0.25, 0.3) is 0 Å². The normalized spacial score (nSPS) is 13.4. The molecule has 0 radical (unpaired) electrons. The van der Waals surface area contributed by atoms with Crippen LogP contribution in [-0.2, 0) is 0 Å². The Morgan fingerprint density at radius 2 is 2.00 bits per heavy atom. The van der Waals surface area contributed by atoms with Crippen LogP contribution in [-0.4, -0.2) is 5.78 Å². The van der Waals surface area contributed by atoms with Crippen molar-refractivity contribution in [3.05, 3.63) is 45.0 Å². The second-order valence-corrected chi connectivity index (χ2v) is 4.95. The Labute approximate surface area is 106 Å². The Hall–Kier alpha value is -1.36. The summed E-state index contributed by atoms with van der Waals surface area (Å²) in [7, 11) is 0. The molecule has 0 heterocycles. The summed E-state index contributed by atoms with van der Waals surface area (Å²) in [6, 6.07) is 7.71. The fraction of sp³-hybridized carbons (Fsp3) is 0. The molecule has 0 spiro atoms. The Balaban J connectivity index is 2.59. The van der Waals surface area contributed by atoms with Gasteiger partial charge in [-0.05, 0) is 40.3 Å². The number of allylic oxidation sites excluding steroid dienone is 1. The summed E-state index contributed by atoms with van der Waals surface area (Å²) in [4.78, 5) is 11.7. The molecule has 1 aliphatic carbocycles. The zero-order valence-electron chi connectivity index (χ0n) is 8.33. The Morgan fingerprint density at radius 1 is 1.19 bits per heavy atom. The summed E-state index contributed by atoms with van der Waals surface area (Å²) in [5.41, 5.74) is 8.61. The van der Waals surface area contributed by atoms with Crippen LogP contribution in [0.25, 0.3) is 16.8 Å². The first kappa shape index (κ1) is 9.84. The summed E-state index contributed by atoms with van der Waals surface area (Å²) >= 11 is 2.22. The lowest BCUT2D eigenvalue weighted by Gasteiger charge is -2.14. The SMILES string of the molecule is Nc1c(I)cc2c3c(cccc13)C(=O)C=C2. The van der Waals surface area contributed by atoms with Crippen LogP contribution >= 0.6 is 22.6 Å². The molecule has 2 N–H and O–H groups in total. The van der Waals surface area contributed by atoms with Crippen LogP contribution < -0.4 is 5.73 Å². The van der Waals surface area contributed by atoms with E-state index < -0.39 is 0 Å². The molecule has 0 atom stereocenters. The summed E-state index contributed by atoms with van der Waals surface area (Å²) < 4.78 is 1.02. The molecule has 16 heavy (non-hydrogen) atoms. The van der Waals surface area contributed by atoms with Crippen molar-refractivity contribution < 1.29 is 4.79 Å². The summed E-state index contributed by atoms with van der Waals surface area (Å²) in [5.74, 6) is 0.0544.